The molecule has 3 nitrogen and oxygen atoms in total. The molecule has 0 fully saturated rings. The first-order valence-electron chi connectivity index (χ1n) is 24.1. The van der Waals surface area contributed by atoms with Gasteiger partial charge in [0.05, 0.1) is 4.90 Å². The second-order valence-electron chi connectivity index (χ2n) is 17.0. The molecule has 0 aromatic heterocycles. The number of hydrogen-bond acceptors (Lipinski definition) is 3. The molecule has 0 saturated carbocycles. The third-order valence-corrected chi connectivity index (χ3v) is 12.6. The predicted octanol–water partition coefficient (Wildman–Crippen LogP) is 14.2. The molecule has 1 rings (SSSR count). The minimum Gasteiger partial charge on any atom is -0.744 e. The van der Waals surface area contributed by atoms with E-state index in [1.54, 1.807) is 6.07 Å². The molecule has 1 aromatic carbocycles. The summed E-state index contributed by atoms with van der Waals surface area (Å²) in [6, 6.07) is 6.51. The normalized spacial score (nSPS) is 11.7. The number of unbranched alkanes of at least 4 members (excludes halogenated alkanes) is 40. The molecule has 0 aliphatic heterocycles. The zero-order valence-electron chi connectivity index (χ0n) is 36.6. The maximum Gasteiger partial charge on any atom is 1.00 e. The summed E-state index contributed by atoms with van der Waals surface area (Å²) in [5.74, 6) is 0. The van der Waals surface area contributed by atoms with Gasteiger partial charge in [0.25, 0.3) is 0 Å². The third-order valence-electron chi connectivity index (χ3n) is 11.8. The molecule has 54 heavy (non-hydrogen) atoms. The molecule has 1 aromatic rings. The van der Waals surface area contributed by atoms with Crippen molar-refractivity contribution in [2.45, 2.75) is 281 Å². The van der Waals surface area contributed by atoms with E-state index in [2.05, 4.69) is 6.92 Å². The standard InChI is InChI=1S/C49H92O3S.Na/c1-2-3-4-5-6-7-8-9-10-11-12-13-14-15-16-17-18-19-20-21-22-23-24-25-26-27-28-29-30-31-32-33-34-35-36-37-38-39-40-41-42-44-48-45-43-46-49(47-48)53(50,51)52;/h43,45-47H,2-42,44H2,1H3,(H,50,51,52);/q;+1/p-1. The van der Waals surface area contributed by atoms with Crippen LogP contribution in [0, 0.1) is 0 Å². The van der Waals surface area contributed by atoms with Crippen LogP contribution < -0.4 is 29.6 Å². The van der Waals surface area contributed by atoms with Crippen molar-refractivity contribution in [3.8, 4) is 0 Å². The van der Waals surface area contributed by atoms with E-state index in [0.717, 1.165) is 18.4 Å². The Labute approximate surface area is 361 Å². The fraction of sp³-hybridized carbons (Fsp3) is 0.878. The van der Waals surface area contributed by atoms with Crippen LogP contribution in [0.25, 0.3) is 0 Å². The van der Waals surface area contributed by atoms with Crippen LogP contribution in [0.3, 0.4) is 0 Å². The second kappa shape index (κ2) is 42.7. The van der Waals surface area contributed by atoms with Gasteiger partial charge in [-0.3, -0.25) is 0 Å². The van der Waals surface area contributed by atoms with E-state index in [1.165, 1.54) is 269 Å². The van der Waals surface area contributed by atoms with E-state index in [9.17, 15) is 13.0 Å². The fourth-order valence-corrected chi connectivity index (χ4v) is 8.69. The quantitative estimate of drug-likeness (QED) is 0.0377. The Kier molecular flexibility index (Phi) is 42.8. The maximum atomic E-state index is 11.2. The van der Waals surface area contributed by atoms with Gasteiger partial charge in [0.15, 0.2) is 0 Å². The van der Waals surface area contributed by atoms with Crippen LogP contribution in [0.4, 0.5) is 0 Å². The van der Waals surface area contributed by atoms with Crippen molar-refractivity contribution in [2.24, 2.45) is 0 Å². The molecule has 0 aliphatic rings. The third kappa shape index (κ3) is 39.0. The molecule has 312 valence electrons. The van der Waals surface area contributed by atoms with E-state index in [1.807, 2.05) is 6.07 Å². The van der Waals surface area contributed by atoms with Crippen molar-refractivity contribution in [1.82, 2.24) is 0 Å². The maximum absolute atomic E-state index is 11.2. The van der Waals surface area contributed by atoms with E-state index in [0.29, 0.717) is 0 Å². The molecule has 0 bridgehead atoms. The Hall–Kier alpha value is 0.130. The smallest absolute Gasteiger partial charge is 0.744 e. The van der Waals surface area contributed by atoms with Gasteiger partial charge in [0, 0.05) is 0 Å². The Morgan fingerprint density at radius 2 is 0.593 bits per heavy atom. The zero-order valence-corrected chi connectivity index (χ0v) is 39.5. The first-order chi connectivity index (χ1) is 26.0. The van der Waals surface area contributed by atoms with Crippen LogP contribution in [0.5, 0.6) is 0 Å². The minimum atomic E-state index is -4.35. The summed E-state index contributed by atoms with van der Waals surface area (Å²) in [6.45, 7) is 2.31. The summed E-state index contributed by atoms with van der Waals surface area (Å²) in [5, 5.41) is 0. The van der Waals surface area contributed by atoms with Crippen LogP contribution >= 0.6 is 0 Å². The van der Waals surface area contributed by atoms with Gasteiger partial charge in [-0.1, -0.05) is 276 Å². The van der Waals surface area contributed by atoms with E-state index >= 15 is 0 Å². The number of hydrogen-bond donors (Lipinski definition) is 0. The molecule has 0 saturated heterocycles. The Morgan fingerprint density at radius 3 is 0.815 bits per heavy atom. The van der Waals surface area contributed by atoms with Gasteiger partial charge in [-0.05, 0) is 30.5 Å². The SMILES string of the molecule is CCCCCCCCCCCCCCCCCCCCCCCCCCCCCCCCCCCCCCCCCCCc1cccc(S(=O)(=O)[O-])c1.[Na+]. The Balaban J connectivity index is 0.0000281. The van der Waals surface area contributed by atoms with Crippen LogP contribution in [0.15, 0.2) is 29.2 Å². The summed E-state index contributed by atoms with van der Waals surface area (Å²) < 4.78 is 33.5. The van der Waals surface area contributed by atoms with Gasteiger partial charge >= 0.3 is 29.6 Å². The van der Waals surface area contributed by atoms with Crippen molar-refractivity contribution in [2.75, 3.05) is 0 Å². The van der Waals surface area contributed by atoms with Gasteiger partial charge in [0.2, 0.25) is 0 Å². The zero-order chi connectivity index (χ0) is 38.2. The average Bonchev–Trinajstić information content (AvgIpc) is 3.15. The van der Waals surface area contributed by atoms with Crippen molar-refractivity contribution in [3.05, 3.63) is 29.8 Å². The Bertz CT molecular complexity index is 981. The summed E-state index contributed by atoms with van der Waals surface area (Å²) in [5.41, 5.74) is 0.952. The molecular formula is C49H91NaO3S. The second-order valence-corrected chi connectivity index (χ2v) is 18.4. The largest absolute Gasteiger partial charge is 1.00 e. The Morgan fingerprint density at radius 1 is 0.370 bits per heavy atom. The predicted molar refractivity (Wildman–Crippen MR) is 233 cm³/mol. The van der Waals surface area contributed by atoms with Gasteiger partial charge in [0.1, 0.15) is 10.1 Å². The summed E-state index contributed by atoms with van der Waals surface area (Å²) >= 11 is 0. The van der Waals surface area contributed by atoms with Crippen LogP contribution in [-0.2, 0) is 16.5 Å². The van der Waals surface area contributed by atoms with E-state index < -0.39 is 10.1 Å². The van der Waals surface area contributed by atoms with Crippen LogP contribution in [0.2, 0.25) is 0 Å². The summed E-state index contributed by atoms with van der Waals surface area (Å²) in [7, 11) is -4.35. The average molecular weight is 783 g/mol. The first-order valence-corrected chi connectivity index (χ1v) is 25.5. The molecule has 0 heterocycles. The molecular weight excluding hydrogens is 692 g/mol. The molecule has 0 N–H and O–H groups in total. The van der Waals surface area contributed by atoms with Gasteiger partial charge < -0.3 is 4.55 Å². The number of benzene rings is 1. The number of aryl methyl sites for hydroxylation is 1. The monoisotopic (exact) mass is 783 g/mol. The van der Waals surface area contributed by atoms with Crippen molar-refractivity contribution in [3.63, 3.8) is 0 Å². The van der Waals surface area contributed by atoms with Crippen LogP contribution in [0.1, 0.15) is 276 Å². The van der Waals surface area contributed by atoms with Crippen molar-refractivity contribution in [1.29, 1.82) is 0 Å². The molecule has 0 radical (unpaired) electrons. The number of rotatable bonds is 43. The fourth-order valence-electron chi connectivity index (χ4n) is 8.15. The molecule has 0 spiro atoms. The molecule has 0 aliphatic carbocycles. The summed E-state index contributed by atoms with van der Waals surface area (Å²) in [4.78, 5) is -0.105. The first kappa shape index (κ1) is 54.1. The van der Waals surface area contributed by atoms with Crippen molar-refractivity contribution < 1.29 is 42.5 Å². The van der Waals surface area contributed by atoms with Crippen LogP contribution in [-0.4, -0.2) is 13.0 Å². The summed E-state index contributed by atoms with van der Waals surface area (Å²) in [6.07, 6.45) is 59.4. The minimum absolute atomic E-state index is 0. The van der Waals surface area contributed by atoms with Gasteiger partial charge in [-0.2, -0.15) is 0 Å². The molecule has 0 amide bonds. The van der Waals surface area contributed by atoms with Crippen molar-refractivity contribution >= 4 is 10.1 Å². The molecule has 5 heteroatoms. The van der Waals surface area contributed by atoms with E-state index in [4.69, 9.17) is 0 Å². The van der Waals surface area contributed by atoms with Gasteiger partial charge in [-0.15, -0.1) is 0 Å². The topological polar surface area (TPSA) is 57.2 Å². The molecule has 0 atom stereocenters. The molecule has 0 unspecified atom stereocenters. The van der Waals surface area contributed by atoms with E-state index in [-0.39, 0.29) is 34.5 Å². The van der Waals surface area contributed by atoms with Gasteiger partial charge in [-0.25, -0.2) is 8.42 Å².